The van der Waals surface area contributed by atoms with E-state index in [1.54, 1.807) is 12.1 Å². The van der Waals surface area contributed by atoms with Crippen LogP contribution in [-0.2, 0) is 13.0 Å². The largest absolute Gasteiger partial charge is 0.354 e. The molecule has 0 radical (unpaired) electrons. The van der Waals surface area contributed by atoms with Crippen molar-refractivity contribution in [2.75, 3.05) is 56.9 Å². The van der Waals surface area contributed by atoms with Crippen molar-refractivity contribution in [1.29, 1.82) is 0 Å². The lowest BCUT2D eigenvalue weighted by molar-refractivity contribution is 0.154. The average Bonchev–Trinajstić information content (AvgIpc) is 3.03. The van der Waals surface area contributed by atoms with Gasteiger partial charge in [-0.25, -0.2) is 19.2 Å². The summed E-state index contributed by atoms with van der Waals surface area (Å²) in [4.78, 5) is 26.9. The highest BCUT2D eigenvalue weighted by Crippen LogP contribution is 2.42. The Bertz CT molecular complexity index is 1550. The minimum Gasteiger partial charge on any atom is -0.354 e. The van der Waals surface area contributed by atoms with E-state index in [4.69, 9.17) is 4.98 Å². The van der Waals surface area contributed by atoms with Crippen LogP contribution >= 0.6 is 0 Å². The number of nitrogens with zero attached hydrogens (tertiary/aromatic N) is 4. The molecule has 6 rings (SSSR count). The van der Waals surface area contributed by atoms with Crippen LogP contribution in [0.4, 0.5) is 20.8 Å². The Morgan fingerprint density at radius 3 is 2.63 bits per heavy atom. The molecule has 222 valence electrons. The summed E-state index contributed by atoms with van der Waals surface area (Å²) in [6.07, 6.45) is 3.83. The second-order valence-corrected chi connectivity index (χ2v) is 11.4. The van der Waals surface area contributed by atoms with Crippen LogP contribution in [0.5, 0.6) is 0 Å². The Morgan fingerprint density at radius 2 is 1.81 bits per heavy atom. The summed E-state index contributed by atoms with van der Waals surface area (Å²) >= 11 is 0. The van der Waals surface area contributed by atoms with E-state index in [0.29, 0.717) is 17.2 Å². The van der Waals surface area contributed by atoms with E-state index in [-0.39, 0.29) is 24.3 Å². The number of rotatable bonds is 9. The number of hydrogen-bond donors (Lipinski definition) is 3. The number of fused-ring (bicyclic) bond motifs is 3. The molecule has 1 fully saturated rings. The van der Waals surface area contributed by atoms with Gasteiger partial charge in [0.15, 0.2) is 0 Å². The van der Waals surface area contributed by atoms with E-state index < -0.39 is 0 Å². The van der Waals surface area contributed by atoms with Gasteiger partial charge in [-0.05, 0) is 73.0 Å². The van der Waals surface area contributed by atoms with Crippen LogP contribution in [0.2, 0.25) is 0 Å². The second-order valence-electron chi connectivity index (χ2n) is 11.4. The lowest BCUT2D eigenvalue weighted by Crippen LogP contribution is -2.44. The standard InChI is InChI=1S/C34H38FN7O/c1-41-16-18-42(19-17-41)15-5-14-36-33-37-23-26-21-31(29-8-2-3-9-30(29)32(26)40-33)25-10-12-28(13-11-25)39-34(43)38-22-24-6-4-7-27(35)20-24/h2-4,6-13,20,23,31H,5,14-19,21-22H2,1H3,(H,36,37,40)(H2,38,39,43). The van der Waals surface area contributed by atoms with Gasteiger partial charge in [0, 0.05) is 62.6 Å². The Labute approximate surface area is 252 Å². The summed E-state index contributed by atoms with van der Waals surface area (Å²) in [6.45, 7) is 6.73. The number of urea groups is 1. The lowest BCUT2D eigenvalue weighted by atomic mass is 9.78. The van der Waals surface area contributed by atoms with Crippen LogP contribution in [0.25, 0.3) is 11.3 Å². The van der Waals surface area contributed by atoms with E-state index >= 15 is 0 Å². The number of aromatic nitrogens is 2. The normalized spacial score (nSPS) is 16.7. The van der Waals surface area contributed by atoms with Crippen LogP contribution in [0, 0.1) is 5.82 Å². The van der Waals surface area contributed by atoms with Crippen molar-refractivity contribution >= 4 is 17.7 Å². The van der Waals surface area contributed by atoms with Crippen LogP contribution in [0.3, 0.4) is 0 Å². The van der Waals surface area contributed by atoms with Crippen LogP contribution in [-0.4, -0.2) is 72.1 Å². The SMILES string of the molecule is CN1CCN(CCCNc2ncc3c(n2)-c2ccccc2C(c2ccc(NC(=O)NCc4cccc(F)c4)cc2)C3)CC1. The van der Waals surface area contributed by atoms with Gasteiger partial charge in [-0.1, -0.05) is 48.5 Å². The highest BCUT2D eigenvalue weighted by molar-refractivity contribution is 5.89. The van der Waals surface area contributed by atoms with E-state index in [9.17, 15) is 9.18 Å². The molecule has 2 aliphatic rings. The zero-order valence-electron chi connectivity index (χ0n) is 24.5. The molecule has 3 aromatic carbocycles. The molecule has 2 heterocycles. The molecule has 9 heteroatoms. The van der Waals surface area contributed by atoms with Gasteiger partial charge in [-0.15, -0.1) is 0 Å². The molecule has 1 unspecified atom stereocenters. The Hall–Kier alpha value is -4.34. The first-order valence-electron chi connectivity index (χ1n) is 15.0. The summed E-state index contributed by atoms with van der Waals surface area (Å²) in [5, 5.41) is 9.08. The van der Waals surface area contributed by atoms with Gasteiger partial charge in [0.25, 0.3) is 0 Å². The van der Waals surface area contributed by atoms with Crippen molar-refractivity contribution in [1.82, 2.24) is 25.1 Å². The van der Waals surface area contributed by atoms with Gasteiger partial charge in [0.2, 0.25) is 5.95 Å². The molecule has 43 heavy (non-hydrogen) atoms. The Kier molecular flexibility index (Phi) is 8.91. The Morgan fingerprint density at radius 1 is 1.00 bits per heavy atom. The average molecular weight is 580 g/mol. The fourth-order valence-electron chi connectivity index (χ4n) is 5.90. The fraction of sp³-hybridized carbons (Fsp3) is 0.324. The monoisotopic (exact) mass is 579 g/mol. The number of nitrogens with one attached hydrogen (secondary N) is 3. The molecule has 1 aromatic heterocycles. The number of piperazine rings is 1. The number of likely N-dealkylation sites (N-methyl/N-ethyl adjacent to an activating group) is 1. The van der Waals surface area contributed by atoms with Gasteiger partial charge in [-0.3, -0.25) is 0 Å². The van der Waals surface area contributed by atoms with E-state index in [0.717, 1.165) is 74.5 Å². The van der Waals surface area contributed by atoms with Crippen molar-refractivity contribution < 1.29 is 9.18 Å². The minimum absolute atomic E-state index is 0.158. The summed E-state index contributed by atoms with van der Waals surface area (Å²) in [5.74, 6) is 0.514. The lowest BCUT2D eigenvalue weighted by Gasteiger charge is -2.32. The van der Waals surface area contributed by atoms with E-state index in [1.807, 2.05) is 18.3 Å². The summed E-state index contributed by atoms with van der Waals surface area (Å²) < 4.78 is 13.4. The summed E-state index contributed by atoms with van der Waals surface area (Å²) in [5.41, 5.74) is 7.06. The predicted molar refractivity (Wildman–Crippen MR) is 169 cm³/mol. The van der Waals surface area contributed by atoms with Gasteiger partial charge in [0.1, 0.15) is 5.82 Å². The Balaban J connectivity index is 1.07. The molecular formula is C34H38FN7O. The first-order valence-corrected chi connectivity index (χ1v) is 15.0. The van der Waals surface area contributed by atoms with E-state index in [2.05, 4.69) is 74.2 Å². The second kappa shape index (κ2) is 13.3. The molecule has 1 aliphatic heterocycles. The first-order chi connectivity index (χ1) is 21.0. The first kappa shape index (κ1) is 28.8. The smallest absolute Gasteiger partial charge is 0.319 e. The molecule has 3 N–H and O–H groups in total. The third kappa shape index (κ3) is 7.18. The van der Waals surface area contributed by atoms with E-state index in [1.165, 1.54) is 17.7 Å². The van der Waals surface area contributed by atoms with Crippen molar-refractivity contribution in [3.63, 3.8) is 0 Å². The van der Waals surface area contributed by atoms with Crippen molar-refractivity contribution in [3.05, 3.63) is 107 Å². The molecule has 0 bridgehead atoms. The van der Waals surface area contributed by atoms with Gasteiger partial charge >= 0.3 is 6.03 Å². The molecule has 1 saturated heterocycles. The van der Waals surface area contributed by atoms with Crippen LogP contribution in [0.15, 0.2) is 79.0 Å². The molecular weight excluding hydrogens is 541 g/mol. The topological polar surface area (TPSA) is 85.4 Å². The van der Waals surface area contributed by atoms with Crippen molar-refractivity contribution in [2.24, 2.45) is 0 Å². The molecule has 0 spiro atoms. The van der Waals surface area contributed by atoms with Gasteiger partial charge < -0.3 is 25.8 Å². The third-order valence-electron chi connectivity index (χ3n) is 8.32. The summed E-state index contributed by atoms with van der Waals surface area (Å²) in [6, 6.07) is 22.3. The maximum absolute atomic E-state index is 13.4. The highest BCUT2D eigenvalue weighted by atomic mass is 19.1. The maximum Gasteiger partial charge on any atom is 0.319 e. The third-order valence-corrected chi connectivity index (χ3v) is 8.32. The number of benzene rings is 3. The number of amides is 2. The van der Waals surface area contributed by atoms with Gasteiger partial charge in [-0.2, -0.15) is 0 Å². The number of carbonyl (C=O) groups excluding carboxylic acids is 1. The number of anilines is 2. The number of halogens is 1. The number of hydrogen-bond acceptors (Lipinski definition) is 6. The molecule has 1 atom stereocenters. The van der Waals surface area contributed by atoms with Gasteiger partial charge in [0.05, 0.1) is 5.69 Å². The minimum atomic E-state index is -0.338. The van der Waals surface area contributed by atoms with Crippen molar-refractivity contribution in [3.8, 4) is 11.3 Å². The molecule has 0 saturated carbocycles. The quantitative estimate of drug-likeness (QED) is 0.232. The number of carbonyl (C=O) groups is 1. The predicted octanol–water partition coefficient (Wildman–Crippen LogP) is 5.34. The fourth-order valence-corrected chi connectivity index (χ4v) is 5.90. The zero-order chi connectivity index (χ0) is 29.6. The maximum atomic E-state index is 13.4. The van der Waals surface area contributed by atoms with Crippen LogP contribution < -0.4 is 16.0 Å². The van der Waals surface area contributed by atoms with Crippen molar-refractivity contribution in [2.45, 2.75) is 25.3 Å². The zero-order valence-corrected chi connectivity index (χ0v) is 24.5. The van der Waals surface area contributed by atoms with Crippen LogP contribution in [0.1, 0.15) is 34.6 Å². The highest BCUT2D eigenvalue weighted by Gasteiger charge is 2.27. The molecule has 1 aliphatic carbocycles. The summed E-state index contributed by atoms with van der Waals surface area (Å²) in [7, 11) is 2.18. The molecule has 8 nitrogen and oxygen atoms in total. The molecule has 4 aromatic rings. The molecule has 2 amide bonds.